The van der Waals surface area contributed by atoms with E-state index in [1.165, 1.54) is 22.3 Å². The summed E-state index contributed by atoms with van der Waals surface area (Å²) in [5, 5.41) is 2.83. The zero-order valence-corrected chi connectivity index (χ0v) is 16.2. The van der Waals surface area contributed by atoms with Crippen molar-refractivity contribution in [1.29, 1.82) is 0 Å². The summed E-state index contributed by atoms with van der Waals surface area (Å²) >= 11 is 3.56. The summed E-state index contributed by atoms with van der Waals surface area (Å²) in [5.41, 5.74) is 5.11. The molecule has 0 saturated heterocycles. The first-order chi connectivity index (χ1) is 11.1. The largest absolute Gasteiger partial charge is 0.444 e. The minimum atomic E-state index is -0.511. The highest BCUT2D eigenvalue weighted by molar-refractivity contribution is 9.10. The minimum Gasteiger partial charge on any atom is -0.444 e. The van der Waals surface area contributed by atoms with Gasteiger partial charge in [0.15, 0.2) is 0 Å². The summed E-state index contributed by atoms with van der Waals surface area (Å²) < 4.78 is 6.41. The number of rotatable bonds is 1. The van der Waals surface area contributed by atoms with Crippen molar-refractivity contribution in [3.63, 3.8) is 0 Å². The number of anilines is 1. The maximum atomic E-state index is 12.0. The van der Waals surface area contributed by atoms with Crippen molar-refractivity contribution in [3.8, 4) is 11.1 Å². The smallest absolute Gasteiger partial charge is 0.412 e. The van der Waals surface area contributed by atoms with Gasteiger partial charge >= 0.3 is 6.09 Å². The number of fused-ring (bicyclic) bond motifs is 3. The van der Waals surface area contributed by atoms with Gasteiger partial charge in [0.05, 0.1) is 0 Å². The molecule has 0 saturated carbocycles. The van der Waals surface area contributed by atoms with Gasteiger partial charge < -0.3 is 4.74 Å². The Morgan fingerprint density at radius 1 is 1.04 bits per heavy atom. The molecule has 0 aromatic heterocycles. The van der Waals surface area contributed by atoms with Crippen molar-refractivity contribution in [3.05, 3.63) is 52.0 Å². The van der Waals surface area contributed by atoms with Crippen molar-refractivity contribution in [2.45, 2.75) is 45.6 Å². The van der Waals surface area contributed by atoms with E-state index in [1.54, 1.807) is 0 Å². The normalized spacial score (nSPS) is 14.8. The number of halogens is 1. The molecule has 0 unspecified atom stereocenters. The lowest BCUT2D eigenvalue weighted by molar-refractivity contribution is 0.0636. The maximum absolute atomic E-state index is 12.0. The van der Waals surface area contributed by atoms with E-state index in [1.807, 2.05) is 32.9 Å². The van der Waals surface area contributed by atoms with Gasteiger partial charge in [0.1, 0.15) is 5.60 Å². The second-order valence-corrected chi connectivity index (χ2v) is 8.62. The Hall–Kier alpha value is -1.81. The number of hydrogen-bond donors (Lipinski definition) is 1. The molecular weight excluding hydrogens is 366 g/mol. The molecule has 0 aliphatic heterocycles. The SMILES string of the molecule is CC(C)(C)OC(=O)Nc1ccc2c(c1)C(C)(C)c1cc(Br)ccc1-2. The van der Waals surface area contributed by atoms with Crippen LogP contribution >= 0.6 is 15.9 Å². The molecule has 0 spiro atoms. The monoisotopic (exact) mass is 387 g/mol. The molecular formula is C20H22BrNO2. The van der Waals surface area contributed by atoms with E-state index in [0.717, 1.165) is 10.2 Å². The average molecular weight is 388 g/mol. The van der Waals surface area contributed by atoms with E-state index in [-0.39, 0.29) is 5.41 Å². The van der Waals surface area contributed by atoms with Crippen LogP contribution in [0.4, 0.5) is 10.5 Å². The predicted octanol–water partition coefficient (Wildman–Crippen LogP) is 6.10. The fraction of sp³-hybridized carbons (Fsp3) is 0.350. The van der Waals surface area contributed by atoms with E-state index in [2.05, 4.69) is 59.4 Å². The molecule has 1 amide bonds. The van der Waals surface area contributed by atoms with Gasteiger partial charge in [-0.1, -0.05) is 41.9 Å². The van der Waals surface area contributed by atoms with Crippen LogP contribution in [-0.4, -0.2) is 11.7 Å². The topological polar surface area (TPSA) is 38.3 Å². The molecule has 3 nitrogen and oxygen atoms in total. The van der Waals surface area contributed by atoms with Gasteiger partial charge in [-0.15, -0.1) is 0 Å². The number of hydrogen-bond acceptors (Lipinski definition) is 2. The highest BCUT2D eigenvalue weighted by Gasteiger charge is 2.35. The van der Waals surface area contributed by atoms with Gasteiger partial charge in [-0.25, -0.2) is 4.79 Å². The standard InChI is InChI=1S/C20H22BrNO2/c1-19(2,3)24-18(23)22-13-7-9-15-14-8-6-12(21)10-16(14)20(4,5)17(15)11-13/h6-11H,1-5H3,(H,22,23). The van der Waals surface area contributed by atoms with Gasteiger partial charge in [0.2, 0.25) is 0 Å². The van der Waals surface area contributed by atoms with Gasteiger partial charge in [-0.2, -0.15) is 0 Å². The number of benzene rings is 2. The second-order valence-electron chi connectivity index (χ2n) is 7.70. The summed E-state index contributed by atoms with van der Waals surface area (Å²) in [6, 6.07) is 12.4. The molecule has 2 aromatic carbocycles. The quantitative estimate of drug-likeness (QED) is 0.641. The first-order valence-corrected chi connectivity index (χ1v) is 8.82. The Balaban J connectivity index is 1.95. The zero-order chi connectivity index (χ0) is 17.7. The fourth-order valence-corrected chi connectivity index (χ4v) is 3.57. The molecule has 1 N–H and O–H groups in total. The summed E-state index contributed by atoms with van der Waals surface area (Å²) in [6.07, 6.45) is -0.432. The predicted molar refractivity (Wildman–Crippen MR) is 102 cm³/mol. The Bertz CT molecular complexity index is 819. The number of ether oxygens (including phenoxy) is 1. The molecule has 126 valence electrons. The molecule has 2 aromatic rings. The fourth-order valence-electron chi connectivity index (χ4n) is 3.21. The first kappa shape index (κ1) is 17.0. The Morgan fingerprint density at radius 3 is 2.25 bits per heavy atom. The third kappa shape index (κ3) is 3.07. The second kappa shape index (κ2) is 5.62. The molecule has 24 heavy (non-hydrogen) atoms. The van der Waals surface area contributed by atoms with Crippen molar-refractivity contribution >= 4 is 27.7 Å². The third-order valence-corrected chi connectivity index (χ3v) is 4.78. The van der Waals surface area contributed by atoms with E-state index in [9.17, 15) is 4.79 Å². The third-order valence-electron chi connectivity index (χ3n) is 4.28. The van der Waals surface area contributed by atoms with E-state index in [0.29, 0.717) is 0 Å². The summed E-state index contributed by atoms with van der Waals surface area (Å²) in [4.78, 5) is 12.0. The maximum Gasteiger partial charge on any atom is 0.412 e. The molecule has 0 atom stereocenters. The van der Waals surface area contributed by atoms with Crippen LogP contribution in [0, 0.1) is 0 Å². The summed E-state index contributed by atoms with van der Waals surface area (Å²) in [5.74, 6) is 0. The summed E-state index contributed by atoms with van der Waals surface area (Å²) in [6.45, 7) is 9.98. The van der Waals surface area contributed by atoms with E-state index >= 15 is 0 Å². The zero-order valence-electron chi connectivity index (χ0n) is 14.7. The molecule has 4 heteroatoms. The van der Waals surface area contributed by atoms with Crippen LogP contribution in [0.25, 0.3) is 11.1 Å². The van der Waals surface area contributed by atoms with Crippen LogP contribution < -0.4 is 5.32 Å². The molecule has 1 aliphatic carbocycles. The molecule has 3 rings (SSSR count). The molecule has 0 heterocycles. The van der Waals surface area contributed by atoms with Crippen LogP contribution in [0.15, 0.2) is 40.9 Å². The van der Waals surface area contributed by atoms with E-state index in [4.69, 9.17) is 4.74 Å². The number of nitrogens with one attached hydrogen (secondary N) is 1. The van der Waals surface area contributed by atoms with Crippen molar-refractivity contribution < 1.29 is 9.53 Å². The van der Waals surface area contributed by atoms with Gasteiger partial charge in [-0.3, -0.25) is 5.32 Å². The highest BCUT2D eigenvalue weighted by atomic mass is 79.9. The van der Waals surface area contributed by atoms with Crippen LogP contribution in [0.1, 0.15) is 45.7 Å². The Kier molecular flexibility index (Phi) is 3.99. The number of carbonyl (C=O) groups is 1. The van der Waals surface area contributed by atoms with Crippen LogP contribution in [-0.2, 0) is 10.2 Å². The van der Waals surface area contributed by atoms with Crippen LogP contribution in [0.2, 0.25) is 0 Å². The van der Waals surface area contributed by atoms with Gasteiger partial charge in [-0.05, 0) is 67.3 Å². The Labute approximate surface area is 151 Å². The van der Waals surface area contributed by atoms with Gasteiger partial charge in [0.25, 0.3) is 0 Å². The molecule has 1 aliphatic rings. The van der Waals surface area contributed by atoms with Crippen molar-refractivity contribution in [2.24, 2.45) is 0 Å². The number of carbonyl (C=O) groups excluding carboxylic acids is 1. The first-order valence-electron chi connectivity index (χ1n) is 8.03. The van der Waals surface area contributed by atoms with Crippen molar-refractivity contribution in [1.82, 2.24) is 0 Å². The lowest BCUT2D eigenvalue weighted by Crippen LogP contribution is -2.27. The highest BCUT2D eigenvalue weighted by Crippen LogP contribution is 2.49. The molecule has 0 bridgehead atoms. The minimum absolute atomic E-state index is 0.111. The van der Waals surface area contributed by atoms with Gasteiger partial charge in [0, 0.05) is 15.6 Å². The average Bonchev–Trinajstić information content (AvgIpc) is 2.65. The van der Waals surface area contributed by atoms with Crippen LogP contribution in [0.3, 0.4) is 0 Å². The lowest BCUT2D eigenvalue weighted by Gasteiger charge is -2.23. The Morgan fingerprint density at radius 2 is 1.62 bits per heavy atom. The molecule has 0 fully saturated rings. The lowest BCUT2D eigenvalue weighted by atomic mass is 9.82. The number of amides is 1. The van der Waals surface area contributed by atoms with Crippen molar-refractivity contribution in [2.75, 3.05) is 5.32 Å². The van der Waals surface area contributed by atoms with Crippen LogP contribution in [0.5, 0.6) is 0 Å². The van der Waals surface area contributed by atoms with E-state index < -0.39 is 11.7 Å². The molecule has 0 radical (unpaired) electrons. The summed E-state index contributed by atoms with van der Waals surface area (Å²) in [7, 11) is 0.